The van der Waals surface area contributed by atoms with E-state index in [0.29, 0.717) is 19.5 Å². The maximum atomic E-state index is 12.2. The summed E-state index contributed by atoms with van der Waals surface area (Å²) in [4.78, 5) is 26.1. The van der Waals surface area contributed by atoms with Crippen molar-refractivity contribution in [2.24, 2.45) is 11.8 Å². The first kappa shape index (κ1) is 15.8. The molecule has 1 aromatic carbocycles. The van der Waals surface area contributed by atoms with Crippen molar-refractivity contribution in [3.05, 3.63) is 24.3 Å². The molecule has 2 amide bonds. The van der Waals surface area contributed by atoms with Crippen LogP contribution in [0.15, 0.2) is 24.3 Å². The largest absolute Gasteiger partial charge is 0.497 e. The van der Waals surface area contributed by atoms with Crippen molar-refractivity contribution < 1.29 is 14.3 Å². The minimum atomic E-state index is 0.121. The molecule has 124 valence electrons. The Morgan fingerprint density at radius 2 is 1.96 bits per heavy atom. The Labute approximate surface area is 137 Å². The summed E-state index contributed by atoms with van der Waals surface area (Å²) in [6, 6.07) is 7.52. The van der Waals surface area contributed by atoms with Crippen LogP contribution in [-0.2, 0) is 9.59 Å². The number of hydrogen-bond acceptors (Lipinski definition) is 3. The van der Waals surface area contributed by atoms with Crippen molar-refractivity contribution in [1.82, 2.24) is 5.32 Å². The lowest BCUT2D eigenvalue weighted by molar-refractivity contribution is -0.125. The molecule has 2 aliphatic rings. The van der Waals surface area contributed by atoms with Crippen LogP contribution in [0.5, 0.6) is 5.75 Å². The molecular weight excluding hydrogens is 292 g/mol. The molecule has 0 radical (unpaired) electrons. The van der Waals surface area contributed by atoms with E-state index in [4.69, 9.17) is 4.74 Å². The average molecular weight is 316 g/mol. The van der Waals surface area contributed by atoms with Crippen LogP contribution >= 0.6 is 0 Å². The molecule has 1 aliphatic heterocycles. The predicted octanol–water partition coefficient (Wildman–Crippen LogP) is 2.35. The van der Waals surface area contributed by atoms with Gasteiger partial charge in [0.25, 0.3) is 0 Å². The van der Waals surface area contributed by atoms with Crippen LogP contribution in [0.25, 0.3) is 0 Å². The molecule has 1 heterocycles. The Kier molecular flexibility index (Phi) is 4.84. The molecule has 2 fully saturated rings. The second kappa shape index (κ2) is 7.02. The van der Waals surface area contributed by atoms with Crippen LogP contribution < -0.4 is 15.0 Å². The third kappa shape index (κ3) is 3.66. The van der Waals surface area contributed by atoms with Crippen LogP contribution in [0.4, 0.5) is 5.69 Å². The summed E-state index contributed by atoms with van der Waals surface area (Å²) in [5, 5.41) is 3.04. The van der Waals surface area contributed by atoms with Crippen LogP contribution in [0, 0.1) is 11.8 Å². The Bertz CT molecular complexity index is 564. The predicted molar refractivity (Wildman–Crippen MR) is 88.4 cm³/mol. The Morgan fingerprint density at radius 3 is 2.61 bits per heavy atom. The number of methoxy groups -OCH3 is 1. The second-order valence-electron chi connectivity index (χ2n) is 6.50. The Morgan fingerprint density at radius 1 is 1.26 bits per heavy atom. The van der Waals surface area contributed by atoms with Crippen LogP contribution in [0.3, 0.4) is 0 Å². The van der Waals surface area contributed by atoms with Gasteiger partial charge in [-0.25, -0.2) is 0 Å². The van der Waals surface area contributed by atoms with Gasteiger partial charge in [-0.15, -0.1) is 0 Å². The summed E-state index contributed by atoms with van der Waals surface area (Å²) in [6.45, 7) is 1.25. The fourth-order valence-electron chi connectivity index (χ4n) is 3.51. The average Bonchev–Trinajstić information content (AvgIpc) is 3.22. The zero-order valence-electron chi connectivity index (χ0n) is 13.6. The number of hydrogen-bond donors (Lipinski definition) is 1. The molecule has 5 nitrogen and oxygen atoms in total. The van der Waals surface area contributed by atoms with Gasteiger partial charge in [-0.05, 0) is 37.1 Å². The number of nitrogens with zero attached hydrogens (tertiary/aromatic N) is 1. The SMILES string of the molecule is COc1ccc(N2C[C@@H](CNC(=O)C3CCCC3)CC2=O)cc1. The lowest BCUT2D eigenvalue weighted by Crippen LogP contribution is -2.34. The van der Waals surface area contributed by atoms with E-state index in [1.807, 2.05) is 24.3 Å². The molecule has 1 aromatic rings. The second-order valence-corrected chi connectivity index (χ2v) is 6.50. The van der Waals surface area contributed by atoms with Gasteiger partial charge in [0.15, 0.2) is 0 Å². The summed E-state index contributed by atoms with van der Waals surface area (Å²) in [6.07, 6.45) is 4.83. The highest BCUT2D eigenvalue weighted by molar-refractivity contribution is 5.95. The van der Waals surface area contributed by atoms with E-state index in [1.165, 1.54) is 0 Å². The molecule has 3 rings (SSSR count). The lowest BCUT2D eigenvalue weighted by atomic mass is 10.1. The van der Waals surface area contributed by atoms with Crippen molar-refractivity contribution in [1.29, 1.82) is 0 Å². The lowest BCUT2D eigenvalue weighted by Gasteiger charge is -2.18. The molecule has 0 unspecified atom stereocenters. The van der Waals surface area contributed by atoms with Crippen molar-refractivity contribution in [2.45, 2.75) is 32.1 Å². The number of ether oxygens (including phenoxy) is 1. The van der Waals surface area contributed by atoms with Crippen molar-refractivity contribution in [3.8, 4) is 5.75 Å². The summed E-state index contributed by atoms with van der Waals surface area (Å²) >= 11 is 0. The number of nitrogens with one attached hydrogen (secondary N) is 1. The smallest absolute Gasteiger partial charge is 0.227 e. The normalized spacial score (nSPS) is 21.7. The van der Waals surface area contributed by atoms with Gasteiger partial charge < -0.3 is 15.0 Å². The molecule has 5 heteroatoms. The highest BCUT2D eigenvalue weighted by atomic mass is 16.5. The molecule has 1 atom stereocenters. The van der Waals surface area contributed by atoms with E-state index in [2.05, 4.69) is 5.32 Å². The molecule has 23 heavy (non-hydrogen) atoms. The van der Waals surface area contributed by atoms with Crippen molar-refractivity contribution in [3.63, 3.8) is 0 Å². The van der Waals surface area contributed by atoms with E-state index < -0.39 is 0 Å². The summed E-state index contributed by atoms with van der Waals surface area (Å²) in [5.41, 5.74) is 0.889. The monoisotopic (exact) mass is 316 g/mol. The quantitative estimate of drug-likeness (QED) is 0.907. The van der Waals surface area contributed by atoms with E-state index in [0.717, 1.165) is 37.1 Å². The summed E-state index contributed by atoms with van der Waals surface area (Å²) < 4.78 is 5.14. The van der Waals surface area contributed by atoms with Gasteiger partial charge in [-0.2, -0.15) is 0 Å². The number of benzene rings is 1. The molecule has 1 N–H and O–H groups in total. The van der Waals surface area contributed by atoms with Gasteiger partial charge in [0.1, 0.15) is 5.75 Å². The topological polar surface area (TPSA) is 58.6 Å². The highest BCUT2D eigenvalue weighted by Crippen LogP contribution is 2.27. The van der Waals surface area contributed by atoms with Gasteiger partial charge in [0.2, 0.25) is 11.8 Å². The molecule has 0 aromatic heterocycles. The Balaban J connectivity index is 1.53. The number of anilines is 1. The number of carbonyl (C=O) groups is 2. The maximum absolute atomic E-state index is 12.2. The van der Waals surface area contributed by atoms with E-state index in [1.54, 1.807) is 12.0 Å². The van der Waals surface area contributed by atoms with Gasteiger partial charge in [-0.1, -0.05) is 12.8 Å². The third-order valence-corrected chi connectivity index (χ3v) is 4.88. The molecule has 1 aliphatic carbocycles. The van der Waals surface area contributed by atoms with Gasteiger partial charge in [0.05, 0.1) is 7.11 Å². The zero-order chi connectivity index (χ0) is 16.2. The minimum Gasteiger partial charge on any atom is -0.497 e. The van der Waals surface area contributed by atoms with Crippen LogP contribution in [-0.4, -0.2) is 32.0 Å². The first-order chi connectivity index (χ1) is 11.2. The van der Waals surface area contributed by atoms with E-state index in [-0.39, 0.29) is 23.7 Å². The standard InChI is InChI=1S/C18H24N2O3/c1-23-16-8-6-15(7-9-16)20-12-13(10-17(20)21)11-19-18(22)14-4-2-3-5-14/h6-9,13-14H,2-5,10-12H2,1H3,(H,19,22)/t13-/m1/s1. The van der Waals surface area contributed by atoms with Crippen LogP contribution in [0.2, 0.25) is 0 Å². The molecule has 0 spiro atoms. The minimum absolute atomic E-state index is 0.121. The zero-order valence-corrected chi connectivity index (χ0v) is 13.6. The maximum Gasteiger partial charge on any atom is 0.227 e. The van der Waals surface area contributed by atoms with Gasteiger partial charge >= 0.3 is 0 Å². The summed E-state index contributed by atoms with van der Waals surface area (Å²) in [7, 11) is 1.62. The molecule has 1 saturated heterocycles. The van der Waals surface area contributed by atoms with Crippen molar-refractivity contribution >= 4 is 17.5 Å². The Hall–Kier alpha value is -2.04. The fourth-order valence-corrected chi connectivity index (χ4v) is 3.51. The fraction of sp³-hybridized carbons (Fsp3) is 0.556. The van der Waals surface area contributed by atoms with Crippen molar-refractivity contribution in [2.75, 3.05) is 25.1 Å². The first-order valence-electron chi connectivity index (χ1n) is 8.39. The number of amides is 2. The van der Waals surface area contributed by atoms with Crippen LogP contribution in [0.1, 0.15) is 32.1 Å². The molecule has 0 bridgehead atoms. The highest BCUT2D eigenvalue weighted by Gasteiger charge is 2.31. The number of rotatable bonds is 5. The first-order valence-corrected chi connectivity index (χ1v) is 8.39. The number of carbonyl (C=O) groups excluding carboxylic acids is 2. The van der Waals surface area contributed by atoms with E-state index in [9.17, 15) is 9.59 Å². The molecular formula is C18H24N2O3. The third-order valence-electron chi connectivity index (χ3n) is 4.88. The van der Waals surface area contributed by atoms with Gasteiger partial charge in [-0.3, -0.25) is 9.59 Å². The summed E-state index contributed by atoms with van der Waals surface area (Å²) in [5.74, 6) is 1.44. The van der Waals surface area contributed by atoms with E-state index >= 15 is 0 Å². The molecule has 1 saturated carbocycles. The van der Waals surface area contributed by atoms with Gasteiger partial charge in [0, 0.05) is 37.0 Å².